The van der Waals surface area contributed by atoms with Gasteiger partial charge in [-0.1, -0.05) is 11.6 Å². The largest absolute Gasteiger partial charge is 0.389 e. The lowest BCUT2D eigenvalue weighted by Crippen LogP contribution is -2.42. The van der Waals surface area contributed by atoms with Crippen molar-refractivity contribution in [1.29, 1.82) is 0 Å². The van der Waals surface area contributed by atoms with Crippen molar-refractivity contribution in [1.82, 2.24) is 9.88 Å². The maximum absolute atomic E-state index is 12.2. The highest BCUT2D eigenvalue weighted by Gasteiger charge is 2.23. The summed E-state index contributed by atoms with van der Waals surface area (Å²) in [6.45, 7) is 5.94. The zero-order valence-corrected chi connectivity index (χ0v) is 11.0. The van der Waals surface area contributed by atoms with Crippen molar-refractivity contribution in [3.63, 3.8) is 0 Å². The topological polar surface area (TPSA) is 53.4 Å². The van der Waals surface area contributed by atoms with Crippen LogP contribution in [0.15, 0.2) is 18.3 Å². The van der Waals surface area contributed by atoms with Gasteiger partial charge in [0, 0.05) is 19.3 Å². The van der Waals surface area contributed by atoms with E-state index in [9.17, 15) is 9.90 Å². The molecular weight excluding hydrogens is 240 g/mol. The van der Waals surface area contributed by atoms with Crippen LogP contribution in [0.5, 0.6) is 0 Å². The van der Waals surface area contributed by atoms with Gasteiger partial charge in [0.2, 0.25) is 0 Å². The molecule has 1 heterocycles. The summed E-state index contributed by atoms with van der Waals surface area (Å²) >= 11 is 5.87. The molecule has 0 unspecified atom stereocenters. The Morgan fingerprint density at radius 3 is 2.71 bits per heavy atom. The van der Waals surface area contributed by atoms with Crippen LogP contribution in [0.2, 0.25) is 5.15 Å². The number of aliphatic hydroxyl groups is 1. The summed E-state index contributed by atoms with van der Waals surface area (Å²) in [4.78, 5) is 17.6. The SMILES string of the molecule is CCN(CC(C)(C)O)C(=O)c1cccnc1Cl. The first-order chi connectivity index (χ1) is 7.85. The van der Waals surface area contributed by atoms with E-state index in [2.05, 4.69) is 4.98 Å². The van der Waals surface area contributed by atoms with Crippen molar-refractivity contribution in [3.8, 4) is 0 Å². The first kappa shape index (κ1) is 13.9. The third-order valence-electron chi connectivity index (χ3n) is 2.24. The van der Waals surface area contributed by atoms with Crippen molar-refractivity contribution in [2.45, 2.75) is 26.4 Å². The van der Waals surface area contributed by atoms with Gasteiger partial charge in [-0.3, -0.25) is 4.79 Å². The van der Waals surface area contributed by atoms with Gasteiger partial charge in [0.15, 0.2) is 0 Å². The molecule has 1 N–H and O–H groups in total. The van der Waals surface area contributed by atoms with Gasteiger partial charge in [-0.05, 0) is 32.9 Å². The average Bonchev–Trinajstić information content (AvgIpc) is 2.24. The van der Waals surface area contributed by atoms with Gasteiger partial charge in [-0.2, -0.15) is 0 Å². The van der Waals surface area contributed by atoms with Gasteiger partial charge in [-0.25, -0.2) is 4.98 Å². The maximum atomic E-state index is 12.2. The number of halogens is 1. The molecule has 0 saturated heterocycles. The molecule has 0 bridgehead atoms. The molecule has 0 aromatic carbocycles. The van der Waals surface area contributed by atoms with Crippen LogP contribution < -0.4 is 0 Å². The van der Waals surface area contributed by atoms with Crippen molar-refractivity contribution in [2.75, 3.05) is 13.1 Å². The monoisotopic (exact) mass is 256 g/mol. The molecule has 0 fully saturated rings. The Balaban J connectivity index is 2.91. The lowest BCUT2D eigenvalue weighted by molar-refractivity contribution is 0.0314. The van der Waals surface area contributed by atoms with Crippen LogP contribution in [0, 0.1) is 0 Å². The van der Waals surface area contributed by atoms with E-state index in [1.54, 1.807) is 30.9 Å². The van der Waals surface area contributed by atoms with E-state index in [1.807, 2.05) is 6.92 Å². The molecule has 1 amide bonds. The molecule has 0 aliphatic carbocycles. The number of nitrogens with zero attached hydrogens (tertiary/aromatic N) is 2. The van der Waals surface area contributed by atoms with E-state index in [0.717, 1.165) is 0 Å². The summed E-state index contributed by atoms with van der Waals surface area (Å²) in [5.41, 5.74) is -0.569. The predicted molar refractivity (Wildman–Crippen MR) is 67.1 cm³/mol. The van der Waals surface area contributed by atoms with Crippen molar-refractivity contribution in [2.24, 2.45) is 0 Å². The first-order valence-corrected chi connectivity index (χ1v) is 5.85. The van der Waals surface area contributed by atoms with E-state index >= 15 is 0 Å². The number of carbonyl (C=O) groups is 1. The Kier molecular flexibility index (Phi) is 4.48. The fourth-order valence-electron chi connectivity index (χ4n) is 1.51. The summed E-state index contributed by atoms with van der Waals surface area (Å²) in [5, 5.41) is 9.93. The zero-order valence-electron chi connectivity index (χ0n) is 10.3. The molecule has 17 heavy (non-hydrogen) atoms. The minimum absolute atomic E-state index is 0.187. The summed E-state index contributed by atoms with van der Waals surface area (Å²) in [7, 11) is 0. The number of likely N-dealkylation sites (N-methyl/N-ethyl adjacent to an activating group) is 1. The number of amides is 1. The number of hydrogen-bond acceptors (Lipinski definition) is 3. The van der Waals surface area contributed by atoms with Crippen molar-refractivity contribution < 1.29 is 9.90 Å². The van der Waals surface area contributed by atoms with Crippen LogP contribution >= 0.6 is 11.6 Å². The minimum Gasteiger partial charge on any atom is -0.389 e. The number of rotatable bonds is 4. The molecule has 4 nitrogen and oxygen atoms in total. The second-order valence-corrected chi connectivity index (χ2v) is 4.83. The van der Waals surface area contributed by atoms with Gasteiger partial charge in [0.05, 0.1) is 11.2 Å². The highest BCUT2D eigenvalue weighted by atomic mass is 35.5. The number of hydrogen-bond donors (Lipinski definition) is 1. The van der Waals surface area contributed by atoms with Gasteiger partial charge >= 0.3 is 0 Å². The van der Waals surface area contributed by atoms with Crippen LogP contribution in [0.4, 0.5) is 0 Å². The minimum atomic E-state index is -0.930. The smallest absolute Gasteiger partial charge is 0.257 e. The molecule has 0 aliphatic rings. The Morgan fingerprint density at radius 2 is 2.24 bits per heavy atom. The predicted octanol–water partition coefficient (Wildman–Crippen LogP) is 1.97. The zero-order chi connectivity index (χ0) is 13.1. The fourth-order valence-corrected chi connectivity index (χ4v) is 1.71. The van der Waals surface area contributed by atoms with Crippen LogP contribution in [0.1, 0.15) is 31.1 Å². The van der Waals surface area contributed by atoms with Crippen LogP contribution in [0.25, 0.3) is 0 Å². The second-order valence-electron chi connectivity index (χ2n) is 4.47. The third kappa shape index (κ3) is 3.98. The van der Waals surface area contributed by atoms with E-state index in [-0.39, 0.29) is 17.6 Å². The summed E-state index contributed by atoms with van der Waals surface area (Å²) in [6, 6.07) is 3.29. The van der Waals surface area contributed by atoms with Gasteiger partial charge in [-0.15, -0.1) is 0 Å². The molecular formula is C12H17ClN2O2. The average molecular weight is 257 g/mol. The molecule has 0 radical (unpaired) electrons. The third-order valence-corrected chi connectivity index (χ3v) is 2.54. The highest BCUT2D eigenvalue weighted by molar-refractivity contribution is 6.32. The van der Waals surface area contributed by atoms with E-state index in [1.165, 1.54) is 6.20 Å². The van der Waals surface area contributed by atoms with Crippen LogP contribution in [-0.4, -0.2) is 39.6 Å². The fraction of sp³-hybridized carbons (Fsp3) is 0.500. The summed E-state index contributed by atoms with van der Waals surface area (Å²) in [5.74, 6) is -0.215. The Hall–Kier alpha value is -1.13. The highest BCUT2D eigenvalue weighted by Crippen LogP contribution is 2.16. The summed E-state index contributed by atoms with van der Waals surface area (Å²) in [6.07, 6.45) is 1.53. The Bertz CT molecular complexity index is 402. The normalized spacial score (nSPS) is 11.4. The molecule has 0 spiro atoms. The lowest BCUT2D eigenvalue weighted by Gasteiger charge is -2.28. The quantitative estimate of drug-likeness (QED) is 0.838. The van der Waals surface area contributed by atoms with E-state index in [0.29, 0.717) is 12.1 Å². The molecule has 1 aromatic rings. The molecule has 1 rings (SSSR count). The molecule has 0 atom stereocenters. The van der Waals surface area contributed by atoms with Gasteiger partial charge in [0.25, 0.3) is 5.91 Å². The van der Waals surface area contributed by atoms with Gasteiger partial charge in [0.1, 0.15) is 5.15 Å². The van der Waals surface area contributed by atoms with Gasteiger partial charge < -0.3 is 10.0 Å². The van der Waals surface area contributed by atoms with Crippen molar-refractivity contribution in [3.05, 3.63) is 29.0 Å². The molecule has 94 valence electrons. The maximum Gasteiger partial charge on any atom is 0.257 e. The van der Waals surface area contributed by atoms with Crippen LogP contribution in [-0.2, 0) is 0 Å². The number of carbonyl (C=O) groups excluding carboxylic acids is 1. The standard InChI is InChI=1S/C12H17ClN2O2/c1-4-15(8-12(2,3)17)11(16)9-6-5-7-14-10(9)13/h5-7,17H,4,8H2,1-3H3. The number of pyridine rings is 1. The van der Waals surface area contributed by atoms with Crippen LogP contribution in [0.3, 0.4) is 0 Å². The molecule has 1 aromatic heterocycles. The number of aromatic nitrogens is 1. The Labute approximate surface area is 106 Å². The lowest BCUT2D eigenvalue weighted by atomic mass is 10.1. The molecule has 0 aliphatic heterocycles. The van der Waals surface area contributed by atoms with Crippen molar-refractivity contribution >= 4 is 17.5 Å². The molecule has 0 saturated carbocycles. The first-order valence-electron chi connectivity index (χ1n) is 5.47. The Morgan fingerprint density at radius 1 is 1.59 bits per heavy atom. The molecule has 5 heteroatoms. The van der Waals surface area contributed by atoms with E-state index < -0.39 is 5.60 Å². The van der Waals surface area contributed by atoms with E-state index in [4.69, 9.17) is 11.6 Å². The summed E-state index contributed by atoms with van der Waals surface area (Å²) < 4.78 is 0. The second kappa shape index (κ2) is 5.47.